The summed E-state index contributed by atoms with van der Waals surface area (Å²) in [5.74, 6) is 0. The number of rotatable bonds is 4. The largest absolute Gasteiger partial charge is 0.377 e. The fourth-order valence-electron chi connectivity index (χ4n) is 1.02. The Hall–Kier alpha value is -0.170. The van der Waals surface area contributed by atoms with Crippen molar-refractivity contribution in [3.05, 3.63) is 0 Å². The minimum Gasteiger partial charge on any atom is -0.377 e. The van der Waals surface area contributed by atoms with Crippen LogP contribution in [0.5, 0.6) is 0 Å². The summed E-state index contributed by atoms with van der Waals surface area (Å²) in [6, 6.07) is 0. The van der Waals surface area contributed by atoms with Crippen molar-refractivity contribution in [1.82, 2.24) is 9.44 Å². The van der Waals surface area contributed by atoms with E-state index in [1.807, 2.05) is 6.92 Å². The van der Waals surface area contributed by atoms with Crippen LogP contribution in [0.3, 0.4) is 0 Å². The first kappa shape index (κ1) is 9.91. The van der Waals surface area contributed by atoms with Crippen molar-refractivity contribution in [3.63, 3.8) is 0 Å². The summed E-state index contributed by atoms with van der Waals surface area (Å²) in [7, 11) is -3.33. The second kappa shape index (κ2) is 3.29. The summed E-state index contributed by atoms with van der Waals surface area (Å²) in [6.07, 6.45) is 0. The topological polar surface area (TPSA) is 67.4 Å². The summed E-state index contributed by atoms with van der Waals surface area (Å²) in [4.78, 5) is 0. The number of nitrogens with one attached hydrogen (secondary N) is 2. The molecule has 0 amide bonds. The maximum atomic E-state index is 11.2. The smallest absolute Gasteiger partial charge is 0.277 e. The first-order chi connectivity index (χ1) is 5.47. The molecule has 0 atom stereocenters. The molecule has 0 unspecified atom stereocenters. The molecule has 0 radical (unpaired) electrons. The van der Waals surface area contributed by atoms with Gasteiger partial charge in [0.15, 0.2) is 0 Å². The summed E-state index contributed by atoms with van der Waals surface area (Å²) in [5, 5.41) is 0. The molecule has 5 nitrogen and oxygen atoms in total. The van der Waals surface area contributed by atoms with Gasteiger partial charge in [0.1, 0.15) is 0 Å². The number of ether oxygens (including phenoxy) is 1. The van der Waals surface area contributed by atoms with Crippen LogP contribution in [0, 0.1) is 0 Å². The Morgan fingerprint density at radius 1 is 1.50 bits per heavy atom. The normalized spacial score (nSPS) is 21.8. The van der Waals surface area contributed by atoms with Crippen LogP contribution in [0.15, 0.2) is 0 Å². The van der Waals surface area contributed by atoms with Crippen LogP contribution in [-0.4, -0.2) is 33.7 Å². The van der Waals surface area contributed by atoms with Gasteiger partial charge in [-0.1, -0.05) is 6.92 Å². The zero-order valence-electron chi connectivity index (χ0n) is 7.25. The van der Waals surface area contributed by atoms with E-state index in [4.69, 9.17) is 4.74 Å². The Morgan fingerprint density at radius 2 is 2.08 bits per heavy atom. The molecule has 1 heterocycles. The second-order valence-corrected chi connectivity index (χ2v) is 4.66. The Balaban J connectivity index is 2.49. The maximum absolute atomic E-state index is 11.2. The fourth-order valence-corrected chi connectivity index (χ4v) is 2.24. The van der Waals surface area contributed by atoms with E-state index in [1.165, 1.54) is 0 Å². The van der Waals surface area contributed by atoms with Crippen LogP contribution >= 0.6 is 0 Å². The second-order valence-electron chi connectivity index (χ2n) is 3.16. The lowest BCUT2D eigenvalue weighted by atomic mass is 10.0. The van der Waals surface area contributed by atoms with Gasteiger partial charge in [0.05, 0.1) is 18.8 Å². The van der Waals surface area contributed by atoms with Crippen molar-refractivity contribution in [2.45, 2.75) is 19.4 Å². The molecule has 0 aromatic carbocycles. The van der Waals surface area contributed by atoms with Crippen molar-refractivity contribution < 1.29 is 13.2 Å². The Bertz CT molecular complexity index is 246. The lowest BCUT2D eigenvalue weighted by Crippen LogP contribution is -2.61. The highest BCUT2D eigenvalue weighted by molar-refractivity contribution is 7.87. The zero-order chi connectivity index (χ0) is 9.24. The van der Waals surface area contributed by atoms with Crippen molar-refractivity contribution in [3.8, 4) is 0 Å². The third-order valence-corrected chi connectivity index (χ3v) is 2.99. The van der Waals surface area contributed by atoms with Crippen LogP contribution in [0.4, 0.5) is 0 Å². The molecule has 6 heteroatoms. The molecule has 0 aliphatic carbocycles. The number of hydrogen-bond acceptors (Lipinski definition) is 3. The fraction of sp³-hybridized carbons (Fsp3) is 1.00. The lowest BCUT2D eigenvalue weighted by molar-refractivity contribution is -0.0524. The van der Waals surface area contributed by atoms with Gasteiger partial charge in [-0.25, -0.2) is 4.72 Å². The summed E-state index contributed by atoms with van der Waals surface area (Å²) < 4.78 is 32.1. The average molecular weight is 194 g/mol. The lowest BCUT2D eigenvalue weighted by Gasteiger charge is -2.38. The average Bonchev–Trinajstić information content (AvgIpc) is 1.83. The van der Waals surface area contributed by atoms with Crippen LogP contribution in [0.1, 0.15) is 13.8 Å². The first-order valence-electron chi connectivity index (χ1n) is 3.84. The molecule has 72 valence electrons. The molecule has 1 fully saturated rings. The predicted molar refractivity (Wildman–Crippen MR) is 45.0 cm³/mol. The molecule has 1 aliphatic heterocycles. The summed E-state index contributed by atoms with van der Waals surface area (Å²) in [6.45, 7) is 4.83. The van der Waals surface area contributed by atoms with E-state index >= 15 is 0 Å². The Morgan fingerprint density at radius 3 is 2.42 bits per heavy atom. The zero-order valence-corrected chi connectivity index (χ0v) is 8.07. The van der Waals surface area contributed by atoms with Crippen molar-refractivity contribution in [1.29, 1.82) is 0 Å². The van der Waals surface area contributed by atoms with Gasteiger partial charge in [-0.15, -0.1) is 0 Å². The molecule has 12 heavy (non-hydrogen) atoms. The SMILES string of the molecule is CCNS(=O)(=O)NC1(C)COC1. The molecular weight excluding hydrogens is 180 g/mol. The van der Waals surface area contributed by atoms with Gasteiger partial charge in [-0.05, 0) is 6.92 Å². The summed E-state index contributed by atoms with van der Waals surface area (Å²) >= 11 is 0. The molecule has 2 N–H and O–H groups in total. The van der Waals surface area contributed by atoms with E-state index < -0.39 is 15.7 Å². The minimum absolute atomic E-state index is 0.395. The van der Waals surface area contributed by atoms with Gasteiger partial charge >= 0.3 is 0 Å². The van der Waals surface area contributed by atoms with Crippen LogP contribution < -0.4 is 9.44 Å². The van der Waals surface area contributed by atoms with Crippen LogP contribution in [-0.2, 0) is 14.9 Å². The van der Waals surface area contributed by atoms with Crippen molar-refractivity contribution in [2.24, 2.45) is 0 Å². The van der Waals surface area contributed by atoms with Crippen molar-refractivity contribution >= 4 is 10.2 Å². The molecule has 1 rings (SSSR count). The third-order valence-electron chi connectivity index (χ3n) is 1.56. The van der Waals surface area contributed by atoms with Gasteiger partial charge in [0, 0.05) is 6.54 Å². The molecule has 0 saturated carbocycles. The van der Waals surface area contributed by atoms with Gasteiger partial charge in [0.25, 0.3) is 10.2 Å². The number of hydrogen-bond donors (Lipinski definition) is 2. The van der Waals surface area contributed by atoms with E-state index in [1.54, 1.807) is 6.92 Å². The van der Waals surface area contributed by atoms with E-state index in [0.29, 0.717) is 19.8 Å². The first-order valence-corrected chi connectivity index (χ1v) is 5.32. The molecule has 1 aliphatic rings. The van der Waals surface area contributed by atoms with Gasteiger partial charge < -0.3 is 4.74 Å². The van der Waals surface area contributed by atoms with Crippen LogP contribution in [0.2, 0.25) is 0 Å². The monoisotopic (exact) mass is 194 g/mol. The van der Waals surface area contributed by atoms with E-state index in [2.05, 4.69) is 9.44 Å². The Labute approximate surface area is 72.7 Å². The highest BCUT2D eigenvalue weighted by Gasteiger charge is 2.36. The minimum atomic E-state index is -3.33. The van der Waals surface area contributed by atoms with E-state index in [9.17, 15) is 8.42 Å². The third kappa shape index (κ3) is 2.41. The van der Waals surface area contributed by atoms with Gasteiger partial charge in [-0.3, -0.25) is 0 Å². The quantitative estimate of drug-likeness (QED) is 0.617. The van der Waals surface area contributed by atoms with Crippen molar-refractivity contribution in [2.75, 3.05) is 19.8 Å². The van der Waals surface area contributed by atoms with E-state index in [0.717, 1.165) is 0 Å². The molecular formula is C6H14N2O3S. The summed E-state index contributed by atoms with van der Waals surface area (Å²) in [5.41, 5.74) is -0.416. The maximum Gasteiger partial charge on any atom is 0.277 e. The molecule has 0 spiro atoms. The molecule has 0 aromatic rings. The van der Waals surface area contributed by atoms with Crippen LogP contribution in [0.25, 0.3) is 0 Å². The van der Waals surface area contributed by atoms with E-state index in [-0.39, 0.29) is 0 Å². The molecule has 0 aromatic heterocycles. The standard InChI is InChI=1S/C6H14N2O3S/c1-3-7-12(9,10)8-6(2)4-11-5-6/h7-8H,3-5H2,1-2H3. The molecule has 0 bridgehead atoms. The highest BCUT2D eigenvalue weighted by atomic mass is 32.2. The highest BCUT2D eigenvalue weighted by Crippen LogP contribution is 2.15. The van der Waals surface area contributed by atoms with Gasteiger partial charge in [-0.2, -0.15) is 13.1 Å². The molecule has 1 saturated heterocycles. The Kier molecular flexibility index (Phi) is 2.72. The van der Waals surface area contributed by atoms with Gasteiger partial charge in [0.2, 0.25) is 0 Å². The predicted octanol–water partition coefficient (Wildman–Crippen LogP) is -0.781.